The molecular formula is C12H15N3O3. The molecule has 4 amide bonds. The van der Waals surface area contributed by atoms with Crippen LogP contribution in [0.5, 0.6) is 0 Å². The van der Waals surface area contributed by atoms with Gasteiger partial charge in [0, 0.05) is 0 Å². The number of nitrogens with one attached hydrogen (secondary N) is 1. The molecule has 1 aromatic rings. The second-order valence-electron chi connectivity index (χ2n) is 4.07. The first-order valence-corrected chi connectivity index (χ1v) is 5.77. The van der Waals surface area contributed by atoms with Crippen LogP contribution in [-0.2, 0) is 6.54 Å². The van der Waals surface area contributed by atoms with Crippen molar-refractivity contribution in [1.82, 2.24) is 15.3 Å². The molecule has 2 N–H and O–H groups in total. The number of benzene rings is 1. The van der Waals surface area contributed by atoms with Gasteiger partial charge in [-0.3, -0.25) is 5.21 Å². The minimum atomic E-state index is -0.700. The van der Waals surface area contributed by atoms with Gasteiger partial charge in [-0.25, -0.2) is 14.5 Å². The second-order valence-corrected chi connectivity index (χ2v) is 4.07. The van der Waals surface area contributed by atoms with Gasteiger partial charge in [0.2, 0.25) is 0 Å². The Kier molecular flexibility index (Phi) is 3.47. The number of carbonyl (C=O) groups is 2. The normalized spacial score (nSPS) is 20.0. The summed E-state index contributed by atoms with van der Waals surface area (Å²) in [6, 6.07) is 7.95. The van der Waals surface area contributed by atoms with E-state index in [1.165, 1.54) is 0 Å². The summed E-state index contributed by atoms with van der Waals surface area (Å²) in [5, 5.41) is 12.7. The summed E-state index contributed by atoms with van der Waals surface area (Å²) < 4.78 is 0. The lowest BCUT2D eigenvalue weighted by Crippen LogP contribution is -2.63. The molecule has 1 saturated heterocycles. The van der Waals surface area contributed by atoms with Gasteiger partial charge in [-0.2, -0.15) is 5.06 Å². The van der Waals surface area contributed by atoms with E-state index in [0.717, 1.165) is 10.5 Å². The van der Waals surface area contributed by atoms with Crippen molar-refractivity contribution in [3.63, 3.8) is 0 Å². The first kappa shape index (κ1) is 12.4. The van der Waals surface area contributed by atoms with Crippen molar-refractivity contribution < 1.29 is 14.8 Å². The van der Waals surface area contributed by atoms with Crippen LogP contribution in [-0.4, -0.2) is 33.4 Å². The summed E-state index contributed by atoms with van der Waals surface area (Å²) in [5.74, 6) is 0. The first-order chi connectivity index (χ1) is 8.63. The van der Waals surface area contributed by atoms with Crippen molar-refractivity contribution in [1.29, 1.82) is 0 Å². The largest absolute Gasteiger partial charge is 0.354 e. The average molecular weight is 249 g/mol. The lowest BCUT2D eigenvalue weighted by atomic mass is 10.2. The van der Waals surface area contributed by atoms with Crippen LogP contribution in [0.3, 0.4) is 0 Å². The van der Waals surface area contributed by atoms with Crippen LogP contribution in [0.25, 0.3) is 0 Å². The molecule has 2 rings (SSSR count). The SMILES string of the molecule is CCC1NC(=O)N(Cc2ccccc2)C(=O)N1O. The maximum atomic E-state index is 11.9. The highest BCUT2D eigenvalue weighted by Gasteiger charge is 2.36. The van der Waals surface area contributed by atoms with Crippen LogP contribution in [0.1, 0.15) is 18.9 Å². The summed E-state index contributed by atoms with van der Waals surface area (Å²) in [4.78, 5) is 24.6. The smallest absolute Gasteiger partial charge is 0.315 e. The van der Waals surface area contributed by atoms with Gasteiger partial charge in [0.15, 0.2) is 0 Å². The van der Waals surface area contributed by atoms with Crippen LogP contribution < -0.4 is 5.32 Å². The molecule has 0 radical (unpaired) electrons. The first-order valence-electron chi connectivity index (χ1n) is 5.77. The van der Waals surface area contributed by atoms with Gasteiger partial charge in [0.1, 0.15) is 6.17 Å². The van der Waals surface area contributed by atoms with Crippen molar-refractivity contribution in [2.45, 2.75) is 26.1 Å². The van der Waals surface area contributed by atoms with Gasteiger partial charge in [0.25, 0.3) is 0 Å². The van der Waals surface area contributed by atoms with E-state index in [1.54, 1.807) is 6.92 Å². The van der Waals surface area contributed by atoms with E-state index in [9.17, 15) is 14.8 Å². The molecule has 1 atom stereocenters. The molecule has 0 spiro atoms. The topological polar surface area (TPSA) is 72.9 Å². The van der Waals surface area contributed by atoms with Crippen LogP contribution >= 0.6 is 0 Å². The standard InChI is InChI=1S/C12H15N3O3/c1-2-10-13-11(16)14(12(17)15(10)18)8-9-6-4-3-5-7-9/h3-7,10,18H,2,8H2,1H3,(H,13,16). The lowest BCUT2D eigenvalue weighted by molar-refractivity contribution is -0.104. The van der Waals surface area contributed by atoms with E-state index in [-0.39, 0.29) is 6.54 Å². The molecule has 0 aliphatic carbocycles. The van der Waals surface area contributed by atoms with Gasteiger partial charge < -0.3 is 5.32 Å². The average Bonchev–Trinajstić information content (AvgIpc) is 2.40. The lowest BCUT2D eigenvalue weighted by Gasteiger charge is -2.36. The molecule has 1 aliphatic heterocycles. The highest BCUT2D eigenvalue weighted by atomic mass is 16.5. The summed E-state index contributed by atoms with van der Waals surface area (Å²) in [5.41, 5.74) is 0.823. The number of hydrogen-bond acceptors (Lipinski definition) is 3. The molecule has 96 valence electrons. The predicted molar refractivity (Wildman–Crippen MR) is 63.6 cm³/mol. The Morgan fingerprint density at radius 2 is 1.94 bits per heavy atom. The van der Waals surface area contributed by atoms with E-state index >= 15 is 0 Å². The molecule has 0 bridgehead atoms. The van der Waals surface area contributed by atoms with E-state index in [0.29, 0.717) is 11.5 Å². The summed E-state index contributed by atoms with van der Waals surface area (Å²) in [6.45, 7) is 1.91. The summed E-state index contributed by atoms with van der Waals surface area (Å²) in [6.07, 6.45) is -0.204. The number of carbonyl (C=O) groups excluding carboxylic acids is 2. The van der Waals surface area contributed by atoms with Crippen molar-refractivity contribution in [3.8, 4) is 0 Å². The Labute approximate surface area is 105 Å². The van der Waals surface area contributed by atoms with E-state index in [2.05, 4.69) is 5.32 Å². The number of hydroxylamine groups is 2. The van der Waals surface area contributed by atoms with Gasteiger partial charge in [-0.1, -0.05) is 37.3 Å². The van der Waals surface area contributed by atoms with Gasteiger partial charge in [-0.05, 0) is 12.0 Å². The number of amides is 4. The zero-order valence-corrected chi connectivity index (χ0v) is 10.0. The number of urea groups is 2. The Hall–Kier alpha value is -2.08. The number of nitrogens with zero attached hydrogens (tertiary/aromatic N) is 2. The minimum absolute atomic E-state index is 0.138. The third kappa shape index (κ3) is 2.28. The molecule has 6 nitrogen and oxygen atoms in total. The quantitative estimate of drug-likeness (QED) is 0.802. The Morgan fingerprint density at radius 1 is 1.28 bits per heavy atom. The van der Waals surface area contributed by atoms with Gasteiger partial charge >= 0.3 is 12.1 Å². The van der Waals surface area contributed by atoms with E-state index < -0.39 is 18.2 Å². The fourth-order valence-electron chi connectivity index (χ4n) is 1.81. The van der Waals surface area contributed by atoms with Crippen molar-refractivity contribution in [2.24, 2.45) is 0 Å². The maximum absolute atomic E-state index is 11.9. The molecule has 1 fully saturated rings. The van der Waals surface area contributed by atoms with E-state index in [4.69, 9.17) is 0 Å². The van der Waals surface area contributed by atoms with E-state index in [1.807, 2.05) is 30.3 Å². The molecule has 0 aromatic heterocycles. The predicted octanol–water partition coefficient (Wildman–Crippen LogP) is 1.76. The Morgan fingerprint density at radius 3 is 2.56 bits per heavy atom. The molecular weight excluding hydrogens is 234 g/mol. The Balaban J connectivity index is 2.14. The van der Waals surface area contributed by atoms with Crippen molar-refractivity contribution in [3.05, 3.63) is 35.9 Å². The number of rotatable bonds is 3. The number of imide groups is 1. The minimum Gasteiger partial charge on any atom is -0.315 e. The van der Waals surface area contributed by atoms with Crippen LogP contribution in [0, 0.1) is 0 Å². The fourth-order valence-corrected chi connectivity index (χ4v) is 1.81. The monoisotopic (exact) mass is 249 g/mol. The van der Waals surface area contributed by atoms with Gasteiger partial charge in [0.05, 0.1) is 6.54 Å². The third-order valence-corrected chi connectivity index (χ3v) is 2.83. The maximum Gasteiger partial charge on any atom is 0.354 e. The van der Waals surface area contributed by atoms with Crippen LogP contribution in [0.4, 0.5) is 9.59 Å². The van der Waals surface area contributed by atoms with Gasteiger partial charge in [-0.15, -0.1) is 0 Å². The van der Waals surface area contributed by atoms with Crippen molar-refractivity contribution >= 4 is 12.1 Å². The Bertz CT molecular complexity index is 449. The molecule has 18 heavy (non-hydrogen) atoms. The summed E-state index contributed by atoms with van der Waals surface area (Å²) in [7, 11) is 0. The zero-order chi connectivity index (χ0) is 13.1. The molecule has 1 unspecified atom stereocenters. The van der Waals surface area contributed by atoms with Crippen molar-refractivity contribution in [2.75, 3.05) is 0 Å². The molecule has 1 aromatic carbocycles. The van der Waals surface area contributed by atoms with Crippen LogP contribution in [0.15, 0.2) is 30.3 Å². The fraction of sp³-hybridized carbons (Fsp3) is 0.333. The molecule has 1 aliphatic rings. The summed E-state index contributed by atoms with van der Waals surface area (Å²) >= 11 is 0. The highest BCUT2D eigenvalue weighted by molar-refractivity contribution is 5.95. The zero-order valence-electron chi connectivity index (χ0n) is 10.0. The molecule has 6 heteroatoms. The second kappa shape index (κ2) is 5.05. The number of hydrogen-bond donors (Lipinski definition) is 2. The van der Waals surface area contributed by atoms with Crippen LogP contribution in [0.2, 0.25) is 0 Å². The molecule has 0 saturated carbocycles. The highest BCUT2D eigenvalue weighted by Crippen LogP contribution is 2.14. The molecule has 1 heterocycles. The third-order valence-electron chi connectivity index (χ3n) is 2.83.